The number of nitrogens with one attached hydrogen (secondary N) is 1. The van der Waals surface area contributed by atoms with E-state index in [-0.39, 0.29) is 0 Å². The summed E-state index contributed by atoms with van der Waals surface area (Å²) in [6, 6.07) is 8.23. The van der Waals surface area contributed by atoms with Gasteiger partial charge in [-0.05, 0) is 29.9 Å². The lowest BCUT2D eigenvalue weighted by Crippen LogP contribution is -2.44. The number of nitrogens with zero attached hydrogens (tertiary/aromatic N) is 7. The lowest BCUT2D eigenvalue weighted by atomic mass is 10.1. The summed E-state index contributed by atoms with van der Waals surface area (Å²) in [5.41, 5.74) is 4.04. The van der Waals surface area contributed by atoms with Gasteiger partial charge in [-0.15, -0.1) is 11.3 Å². The highest BCUT2D eigenvalue weighted by molar-refractivity contribution is 7.16. The van der Waals surface area contributed by atoms with E-state index < -0.39 is 0 Å². The quantitative estimate of drug-likeness (QED) is 0.534. The number of aromatic nitrogens is 5. The maximum absolute atomic E-state index is 4.85. The highest BCUT2D eigenvalue weighted by atomic mass is 32.1. The highest BCUT2D eigenvalue weighted by Crippen LogP contribution is 2.23. The molecular weight excluding hydrogens is 388 g/mol. The van der Waals surface area contributed by atoms with Crippen molar-refractivity contribution in [2.75, 3.05) is 43.4 Å². The highest BCUT2D eigenvalue weighted by Gasteiger charge is 2.18. The second-order valence-electron chi connectivity index (χ2n) is 7.03. The van der Waals surface area contributed by atoms with E-state index >= 15 is 0 Å². The zero-order valence-electron chi connectivity index (χ0n) is 15.9. The summed E-state index contributed by atoms with van der Waals surface area (Å²) in [5, 5.41) is 6.93. The predicted octanol–water partition coefficient (Wildman–Crippen LogP) is 2.56. The van der Waals surface area contributed by atoms with Crippen LogP contribution in [-0.2, 0) is 6.42 Å². The summed E-state index contributed by atoms with van der Waals surface area (Å²) in [4.78, 5) is 22.5. The molecule has 1 aromatic carbocycles. The zero-order chi connectivity index (χ0) is 19.6. The Hall–Kier alpha value is -3.11. The van der Waals surface area contributed by atoms with Gasteiger partial charge < -0.3 is 19.6 Å². The van der Waals surface area contributed by atoms with Crippen LogP contribution in [0.3, 0.4) is 0 Å². The number of likely N-dealkylation sites (N-methyl/N-ethyl adjacent to an activating group) is 1. The number of rotatable bonds is 5. The van der Waals surface area contributed by atoms with E-state index in [0.29, 0.717) is 18.2 Å². The molecule has 10 heteroatoms. The van der Waals surface area contributed by atoms with Crippen LogP contribution >= 0.6 is 11.3 Å². The van der Waals surface area contributed by atoms with Crippen LogP contribution in [0.1, 0.15) is 11.4 Å². The van der Waals surface area contributed by atoms with Crippen molar-refractivity contribution in [2.24, 2.45) is 0 Å². The van der Waals surface area contributed by atoms with E-state index in [1.165, 1.54) is 11.1 Å². The van der Waals surface area contributed by atoms with Gasteiger partial charge in [0.1, 0.15) is 17.5 Å². The van der Waals surface area contributed by atoms with Crippen molar-refractivity contribution in [3.05, 3.63) is 47.6 Å². The van der Waals surface area contributed by atoms with Crippen LogP contribution in [-0.4, -0.2) is 63.2 Å². The molecule has 1 N–H and O–H groups in total. The van der Waals surface area contributed by atoms with Crippen LogP contribution in [0.15, 0.2) is 40.7 Å². The number of benzene rings is 1. The minimum absolute atomic E-state index is 0.380. The molecule has 1 aliphatic rings. The number of hydrogen-bond donors (Lipinski definition) is 1. The van der Waals surface area contributed by atoms with Crippen molar-refractivity contribution in [2.45, 2.75) is 6.42 Å². The molecule has 9 nitrogen and oxygen atoms in total. The number of hydrogen-bond acceptors (Lipinski definition) is 10. The first kappa shape index (κ1) is 18.0. The van der Waals surface area contributed by atoms with Gasteiger partial charge in [0, 0.05) is 38.7 Å². The van der Waals surface area contributed by atoms with Gasteiger partial charge in [0.15, 0.2) is 0 Å². The SMILES string of the molecule is CN1CCN(c2cc(Nc3ncon3)nc(Cc3ccc4ncsc4c3)n2)CC1. The minimum Gasteiger partial charge on any atom is -0.354 e. The van der Waals surface area contributed by atoms with Crippen LogP contribution in [0.25, 0.3) is 10.2 Å². The van der Waals surface area contributed by atoms with Gasteiger partial charge in [-0.25, -0.2) is 15.0 Å². The lowest BCUT2D eigenvalue weighted by molar-refractivity contribution is 0.312. The van der Waals surface area contributed by atoms with E-state index in [9.17, 15) is 0 Å². The molecule has 1 fully saturated rings. The Morgan fingerprint density at radius 3 is 2.83 bits per heavy atom. The minimum atomic E-state index is 0.380. The number of anilines is 3. The van der Waals surface area contributed by atoms with Crippen molar-refractivity contribution in [1.29, 1.82) is 0 Å². The topological polar surface area (TPSA) is 96.1 Å². The largest absolute Gasteiger partial charge is 0.354 e. The van der Waals surface area contributed by atoms with Gasteiger partial charge >= 0.3 is 0 Å². The Labute approximate surface area is 171 Å². The van der Waals surface area contributed by atoms with Crippen molar-refractivity contribution < 1.29 is 4.52 Å². The molecule has 5 rings (SSSR count). The average Bonchev–Trinajstić information content (AvgIpc) is 3.40. The fourth-order valence-corrected chi connectivity index (χ4v) is 4.10. The molecule has 29 heavy (non-hydrogen) atoms. The molecule has 4 heterocycles. The van der Waals surface area contributed by atoms with Gasteiger partial charge in [-0.2, -0.15) is 4.98 Å². The van der Waals surface area contributed by atoms with Gasteiger partial charge in [0.2, 0.25) is 6.39 Å². The zero-order valence-corrected chi connectivity index (χ0v) is 16.8. The van der Waals surface area contributed by atoms with Crippen molar-refractivity contribution in [1.82, 2.24) is 30.0 Å². The Bertz CT molecular complexity index is 1100. The number of piperazine rings is 1. The first-order valence-corrected chi connectivity index (χ1v) is 10.3. The average molecular weight is 408 g/mol. The molecule has 0 atom stereocenters. The Morgan fingerprint density at radius 1 is 1.10 bits per heavy atom. The second kappa shape index (κ2) is 7.72. The summed E-state index contributed by atoms with van der Waals surface area (Å²) in [6.45, 7) is 3.88. The molecule has 4 aromatic rings. The number of fused-ring (bicyclic) bond motifs is 1. The second-order valence-corrected chi connectivity index (χ2v) is 7.92. The summed E-state index contributed by atoms with van der Waals surface area (Å²) < 4.78 is 5.99. The fourth-order valence-electron chi connectivity index (χ4n) is 3.36. The van der Waals surface area contributed by atoms with E-state index in [2.05, 4.69) is 54.4 Å². The normalized spacial score (nSPS) is 15.1. The predicted molar refractivity (Wildman–Crippen MR) is 112 cm³/mol. The molecule has 1 saturated heterocycles. The van der Waals surface area contributed by atoms with Gasteiger partial charge in [-0.1, -0.05) is 6.07 Å². The summed E-state index contributed by atoms with van der Waals surface area (Å²) >= 11 is 1.64. The third-order valence-corrected chi connectivity index (χ3v) is 5.74. The first-order valence-electron chi connectivity index (χ1n) is 9.40. The van der Waals surface area contributed by atoms with E-state index in [0.717, 1.165) is 48.9 Å². The lowest BCUT2D eigenvalue weighted by Gasteiger charge is -2.33. The van der Waals surface area contributed by atoms with Gasteiger partial charge in [-0.3, -0.25) is 0 Å². The third-order valence-electron chi connectivity index (χ3n) is 4.95. The molecule has 0 unspecified atom stereocenters. The van der Waals surface area contributed by atoms with Crippen LogP contribution in [0.2, 0.25) is 0 Å². The molecule has 0 amide bonds. The van der Waals surface area contributed by atoms with E-state index in [1.54, 1.807) is 11.3 Å². The summed E-state index contributed by atoms with van der Waals surface area (Å²) in [5.74, 6) is 2.69. The summed E-state index contributed by atoms with van der Waals surface area (Å²) in [6.07, 6.45) is 1.92. The van der Waals surface area contributed by atoms with Crippen molar-refractivity contribution in [3.63, 3.8) is 0 Å². The number of thiazole rings is 1. The monoisotopic (exact) mass is 408 g/mol. The maximum Gasteiger partial charge on any atom is 0.268 e. The Balaban J connectivity index is 1.46. The molecule has 0 saturated carbocycles. The van der Waals surface area contributed by atoms with Gasteiger partial charge in [0.25, 0.3) is 5.95 Å². The van der Waals surface area contributed by atoms with Crippen LogP contribution < -0.4 is 10.2 Å². The molecule has 0 radical (unpaired) electrons. The maximum atomic E-state index is 4.85. The Morgan fingerprint density at radius 2 is 2.00 bits per heavy atom. The fraction of sp³-hybridized carbons (Fsp3) is 0.316. The summed E-state index contributed by atoms with van der Waals surface area (Å²) in [7, 11) is 2.14. The molecule has 0 spiro atoms. The van der Waals surface area contributed by atoms with Crippen molar-refractivity contribution in [3.8, 4) is 0 Å². The van der Waals surface area contributed by atoms with E-state index in [4.69, 9.17) is 9.51 Å². The standard InChI is InChI=1S/C19H20N8OS/c1-26-4-6-27(7-5-26)18-10-17(24-19-20-11-28-25-19)22-16(23-18)9-13-2-3-14-15(8-13)29-12-21-14/h2-3,8,10-12H,4-7,9H2,1H3,(H,22,23,24,25). The van der Waals surface area contributed by atoms with E-state index in [1.807, 2.05) is 17.6 Å². The first-order chi connectivity index (χ1) is 14.2. The molecular formula is C19H20N8OS. The molecule has 0 bridgehead atoms. The Kier molecular flexibility index (Phi) is 4.78. The van der Waals surface area contributed by atoms with Crippen LogP contribution in [0.4, 0.5) is 17.6 Å². The van der Waals surface area contributed by atoms with Crippen LogP contribution in [0, 0.1) is 0 Å². The molecule has 0 aliphatic carbocycles. The van der Waals surface area contributed by atoms with Crippen LogP contribution in [0.5, 0.6) is 0 Å². The van der Waals surface area contributed by atoms with Gasteiger partial charge in [0.05, 0.1) is 15.7 Å². The molecule has 3 aromatic heterocycles. The molecule has 148 valence electrons. The molecule has 1 aliphatic heterocycles. The van der Waals surface area contributed by atoms with Crippen molar-refractivity contribution >= 4 is 39.1 Å². The third kappa shape index (κ3) is 4.03. The smallest absolute Gasteiger partial charge is 0.268 e.